The lowest BCUT2D eigenvalue weighted by Gasteiger charge is -2.28. The molecule has 5 heteroatoms. The SMILES string of the molecule is CCCCN(c1ccccc1)S(=O)(=O)C(C)CNC(C)C. The molecule has 0 aliphatic rings. The van der Waals surface area contributed by atoms with Crippen molar-refractivity contribution in [3.05, 3.63) is 30.3 Å². The second-order valence-corrected chi connectivity index (χ2v) is 7.96. The van der Waals surface area contributed by atoms with E-state index in [0.29, 0.717) is 13.1 Å². The monoisotopic (exact) mass is 312 g/mol. The summed E-state index contributed by atoms with van der Waals surface area (Å²) >= 11 is 0. The minimum atomic E-state index is -3.35. The summed E-state index contributed by atoms with van der Waals surface area (Å²) in [5, 5.41) is 2.76. The molecule has 0 fully saturated rings. The summed E-state index contributed by atoms with van der Waals surface area (Å²) in [6.45, 7) is 8.88. The Morgan fingerprint density at radius 2 is 1.76 bits per heavy atom. The van der Waals surface area contributed by atoms with Crippen LogP contribution in [0.25, 0.3) is 0 Å². The van der Waals surface area contributed by atoms with Crippen molar-refractivity contribution in [2.24, 2.45) is 0 Å². The first-order valence-electron chi connectivity index (χ1n) is 7.69. The van der Waals surface area contributed by atoms with E-state index in [1.807, 2.05) is 44.2 Å². The minimum Gasteiger partial charge on any atom is -0.313 e. The third-order valence-corrected chi connectivity index (χ3v) is 5.58. The molecular formula is C16H28N2O2S. The molecule has 0 bridgehead atoms. The molecule has 1 atom stereocenters. The molecule has 0 heterocycles. The molecule has 0 saturated carbocycles. The van der Waals surface area contributed by atoms with Crippen LogP contribution in [0.1, 0.15) is 40.5 Å². The summed E-state index contributed by atoms with van der Waals surface area (Å²) in [6.07, 6.45) is 1.83. The Labute approximate surface area is 129 Å². The molecule has 0 radical (unpaired) electrons. The number of sulfonamides is 1. The van der Waals surface area contributed by atoms with Crippen LogP contribution in [-0.4, -0.2) is 32.8 Å². The van der Waals surface area contributed by atoms with E-state index < -0.39 is 15.3 Å². The van der Waals surface area contributed by atoms with Crippen molar-refractivity contribution in [3.8, 4) is 0 Å². The quantitative estimate of drug-likeness (QED) is 0.762. The first-order chi connectivity index (χ1) is 9.89. The average molecular weight is 312 g/mol. The third-order valence-electron chi connectivity index (χ3n) is 3.39. The summed E-state index contributed by atoms with van der Waals surface area (Å²) in [5.74, 6) is 0. The highest BCUT2D eigenvalue weighted by molar-refractivity contribution is 7.93. The molecule has 1 aromatic carbocycles. The van der Waals surface area contributed by atoms with Crippen molar-refractivity contribution < 1.29 is 8.42 Å². The van der Waals surface area contributed by atoms with E-state index in [9.17, 15) is 8.42 Å². The second kappa shape index (κ2) is 8.39. The normalized spacial score (nSPS) is 13.4. The summed E-state index contributed by atoms with van der Waals surface area (Å²) in [4.78, 5) is 0. The smallest absolute Gasteiger partial charge is 0.239 e. The Hall–Kier alpha value is -1.07. The van der Waals surface area contributed by atoms with Gasteiger partial charge in [0.25, 0.3) is 0 Å². The summed E-state index contributed by atoms with van der Waals surface area (Å²) < 4.78 is 27.2. The number of benzene rings is 1. The topological polar surface area (TPSA) is 49.4 Å². The second-order valence-electron chi connectivity index (χ2n) is 5.68. The lowest BCUT2D eigenvalue weighted by Crippen LogP contribution is -2.43. The molecular weight excluding hydrogens is 284 g/mol. The van der Waals surface area contributed by atoms with Crippen molar-refractivity contribution in [1.82, 2.24) is 5.32 Å². The van der Waals surface area contributed by atoms with E-state index in [4.69, 9.17) is 0 Å². The fourth-order valence-electron chi connectivity index (χ4n) is 2.02. The van der Waals surface area contributed by atoms with Gasteiger partial charge in [0.1, 0.15) is 0 Å². The zero-order valence-electron chi connectivity index (χ0n) is 13.5. The van der Waals surface area contributed by atoms with Gasteiger partial charge in [0.05, 0.1) is 10.9 Å². The van der Waals surface area contributed by atoms with Gasteiger partial charge in [-0.2, -0.15) is 0 Å². The highest BCUT2D eigenvalue weighted by atomic mass is 32.2. The fraction of sp³-hybridized carbons (Fsp3) is 0.625. The van der Waals surface area contributed by atoms with Crippen LogP contribution in [0.5, 0.6) is 0 Å². The fourth-order valence-corrected chi connectivity index (χ4v) is 3.56. The van der Waals surface area contributed by atoms with Crippen LogP contribution >= 0.6 is 0 Å². The molecule has 1 aromatic rings. The van der Waals surface area contributed by atoms with Crippen molar-refractivity contribution in [2.75, 3.05) is 17.4 Å². The van der Waals surface area contributed by atoms with Crippen molar-refractivity contribution in [3.63, 3.8) is 0 Å². The van der Waals surface area contributed by atoms with Gasteiger partial charge in [0, 0.05) is 19.1 Å². The third kappa shape index (κ3) is 5.32. The maximum Gasteiger partial charge on any atom is 0.239 e. The number of hydrogen-bond acceptors (Lipinski definition) is 3. The summed E-state index contributed by atoms with van der Waals surface area (Å²) in [6, 6.07) is 9.65. The van der Waals surface area contributed by atoms with E-state index in [1.165, 1.54) is 0 Å². The van der Waals surface area contributed by atoms with Gasteiger partial charge in [-0.05, 0) is 25.5 Å². The maximum atomic E-state index is 12.8. The van der Waals surface area contributed by atoms with Gasteiger partial charge < -0.3 is 5.32 Å². The molecule has 1 N–H and O–H groups in total. The maximum absolute atomic E-state index is 12.8. The minimum absolute atomic E-state index is 0.281. The van der Waals surface area contributed by atoms with E-state index >= 15 is 0 Å². The van der Waals surface area contributed by atoms with Gasteiger partial charge in [0.2, 0.25) is 10.0 Å². The highest BCUT2D eigenvalue weighted by Crippen LogP contribution is 2.21. The predicted octanol–water partition coefficient (Wildman–Crippen LogP) is 3.01. The van der Waals surface area contributed by atoms with Crippen LogP contribution in [0.4, 0.5) is 5.69 Å². The largest absolute Gasteiger partial charge is 0.313 e. The molecule has 0 spiro atoms. The van der Waals surface area contributed by atoms with Gasteiger partial charge >= 0.3 is 0 Å². The van der Waals surface area contributed by atoms with Gasteiger partial charge in [-0.1, -0.05) is 45.4 Å². The zero-order valence-corrected chi connectivity index (χ0v) is 14.4. The Bertz CT molecular complexity index is 500. The molecule has 0 aliphatic heterocycles. The molecule has 1 rings (SSSR count). The van der Waals surface area contributed by atoms with E-state index in [2.05, 4.69) is 12.2 Å². The lowest BCUT2D eigenvalue weighted by molar-refractivity contribution is 0.546. The van der Waals surface area contributed by atoms with Gasteiger partial charge in [0.15, 0.2) is 0 Å². The molecule has 0 aromatic heterocycles. The summed E-state index contributed by atoms with van der Waals surface area (Å²) in [7, 11) is -3.35. The molecule has 0 aliphatic carbocycles. The van der Waals surface area contributed by atoms with Crippen LogP contribution < -0.4 is 9.62 Å². The highest BCUT2D eigenvalue weighted by Gasteiger charge is 2.28. The molecule has 1 unspecified atom stereocenters. The van der Waals surface area contributed by atoms with Gasteiger partial charge in [-0.3, -0.25) is 4.31 Å². The molecule has 0 amide bonds. The Morgan fingerprint density at radius 3 is 2.29 bits per heavy atom. The number of para-hydroxylation sites is 1. The standard InChI is InChI=1S/C16H28N2O2S/c1-5-6-12-18(16-10-8-7-9-11-16)21(19,20)15(4)13-17-14(2)3/h7-11,14-15,17H,5-6,12-13H2,1-4H3. The summed E-state index contributed by atoms with van der Waals surface area (Å²) in [5.41, 5.74) is 0.752. The Kier molecular flexibility index (Phi) is 7.18. The predicted molar refractivity (Wildman–Crippen MR) is 90.2 cm³/mol. The van der Waals surface area contributed by atoms with Crippen molar-refractivity contribution in [1.29, 1.82) is 0 Å². The van der Waals surface area contributed by atoms with Crippen LogP contribution in [0.15, 0.2) is 30.3 Å². The van der Waals surface area contributed by atoms with Crippen molar-refractivity contribution >= 4 is 15.7 Å². The number of rotatable bonds is 9. The van der Waals surface area contributed by atoms with Crippen LogP contribution in [0.3, 0.4) is 0 Å². The van der Waals surface area contributed by atoms with Gasteiger partial charge in [-0.25, -0.2) is 8.42 Å². The molecule has 4 nitrogen and oxygen atoms in total. The number of anilines is 1. The molecule has 120 valence electrons. The number of unbranched alkanes of at least 4 members (excludes halogenated alkanes) is 1. The zero-order chi connectivity index (χ0) is 15.9. The van der Waals surface area contributed by atoms with Crippen LogP contribution in [0.2, 0.25) is 0 Å². The molecule has 0 saturated heterocycles. The average Bonchev–Trinajstić information content (AvgIpc) is 2.46. The van der Waals surface area contributed by atoms with E-state index in [0.717, 1.165) is 18.5 Å². The van der Waals surface area contributed by atoms with E-state index in [1.54, 1.807) is 11.2 Å². The molecule has 21 heavy (non-hydrogen) atoms. The van der Waals surface area contributed by atoms with Crippen molar-refractivity contribution in [2.45, 2.75) is 51.8 Å². The Balaban J connectivity index is 2.95. The number of nitrogens with zero attached hydrogens (tertiary/aromatic N) is 1. The van der Waals surface area contributed by atoms with Crippen LogP contribution in [-0.2, 0) is 10.0 Å². The first-order valence-corrected chi connectivity index (χ1v) is 9.19. The van der Waals surface area contributed by atoms with E-state index in [-0.39, 0.29) is 6.04 Å². The number of nitrogens with one attached hydrogen (secondary N) is 1. The van der Waals surface area contributed by atoms with Gasteiger partial charge in [-0.15, -0.1) is 0 Å². The van der Waals surface area contributed by atoms with Crippen LogP contribution in [0, 0.1) is 0 Å². The lowest BCUT2D eigenvalue weighted by atomic mass is 10.3. The first kappa shape index (κ1) is 18.0. The number of hydrogen-bond donors (Lipinski definition) is 1. The Morgan fingerprint density at radius 1 is 1.14 bits per heavy atom.